The van der Waals surface area contributed by atoms with Crippen LogP contribution in [0.2, 0.25) is 0 Å². The molecule has 0 aliphatic carbocycles. The van der Waals surface area contributed by atoms with Crippen LogP contribution in [0, 0.1) is 6.92 Å². The summed E-state index contributed by atoms with van der Waals surface area (Å²) in [6, 6.07) is 15.9. The quantitative estimate of drug-likeness (QED) is 0.334. The van der Waals surface area contributed by atoms with E-state index in [0.717, 1.165) is 46.8 Å². The van der Waals surface area contributed by atoms with Crippen LogP contribution >= 0.6 is 0 Å². The van der Waals surface area contributed by atoms with Crippen molar-refractivity contribution in [2.45, 2.75) is 19.3 Å². The molecule has 180 valence electrons. The molecule has 0 saturated heterocycles. The Hall–Kier alpha value is -4.73. The Morgan fingerprint density at radius 3 is 2.97 bits per heavy atom. The topological polar surface area (TPSA) is 117 Å². The highest BCUT2D eigenvalue weighted by Gasteiger charge is 2.31. The summed E-state index contributed by atoms with van der Waals surface area (Å²) < 4.78 is 1.76. The minimum Gasteiger partial charge on any atom is -0.338 e. The summed E-state index contributed by atoms with van der Waals surface area (Å²) in [6.07, 6.45) is 7.71. The van der Waals surface area contributed by atoms with Crippen molar-refractivity contribution in [3.8, 4) is 5.69 Å². The van der Waals surface area contributed by atoms with Crippen molar-refractivity contribution in [3.05, 3.63) is 84.6 Å². The number of nitrogens with one attached hydrogen (secondary N) is 3. The van der Waals surface area contributed by atoms with Crippen LogP contribution in [0.15, 0.2) is 73.4 Å². The van der Waals surface area contributed by atoms with Gasteiger partial charge >= 0.3 is 6.03 Å². The first kappa shape index (κ1) is 21.8. The number of urea groups is 1. The number of aryl methyl sites for hydroxylation is 1. The maximum absolute atomic E-state index is 12.7. The van der Waals surface area contributed by atoms with Gasteiger partial charge < -0.3 is 15.5 Å². The van der Waals surface area contributed by atoms with Crippen molar-refractivity contribution in [2.75, 3.05) is 23.3 Å². The Morgan fingerprint density at radius 2 is 2.08 bits per heavy atom. The number of hydrogen-bond donors (Lipinski definition) is 3. The Bertz CT molecular complexity index is 1530. The first-order valence-corrected chi connectivity index (χ1v) is 11.8. The molecule has 10 nitrogen and oxygen atoms in total. The lowest BCUT2D eigenvalue weighted by Gasteiger charge is -2.19. The molecule has 0 fully saturated rings. The third-order valence-electron chi connectivity index (χ3n) is 6.57. The molecule has 3 aromatic heterocycles. The molecule has 36 heavy (non-hydrogen) atoms. The zero-order valence-corrected chi connectivity index (χ0v) is 19.7. The fraction of sp³-hybridized carbons (Fsp3) is 0.192. The Balaban J connectivity index is 1.12. The van der Waals surface area contributed by atoms with Gasteiger partial charge in [-0.1, -0.05) is 24.3 Å². The second-order valence-corrected chi connectivity index (χ2v) is 8.82. The monoisotopic (exact) mass is 479 g/mol. The zero-order valence-electron chi connectivity index (χ0n) is 19.7. The van der Waals surface area contributed by atoms with Gasteiger partial charge in [-0.05, 0) is 48.7 Å². The van der Waals surface area contributed by atoms with Crippen molar-refractivity contribution in [1.29, 1.82) is 0 Å². The van der Waals surface area contributed by atoms with Crippen molar-refractivity contribution in [2.24, 2.45) is 0 Å². The summed E-state index contributed by atoms with van der Waals surface area (Å²) in [5, 5.41) is 18.2. The van der Waals surface area contributed by atoms with E-state index in [-0.39, 0.29) is 11.9 Å². The van der Waals surface area contributed by atoms with Gasteiger partial charge in [0.1, 0.15) is 12.1 Å². The molecular weight excluding hydrogens is 454 g/mol. The molecule has 1 aliphatic heterocycles. The van der Waals surface area contributed by atoms with Gasteiger partial charge in [-0.3, -0.25) is 5.10 Å². The molecule has 10 heteroatoms. The van der Waals surface area contributed by atoms with Crippen molar-refractivity contribution >= 4 is 34.3 Å². The van der Waals surface area contributed by atoms with E-state index in [0.29, 0.717) is 12.2 Å². The van der Waals surface area contributed by atoms with Gasteiger partial charge in [-0.2, -0.15) is 10.2 Å². The van der Waals surface area contributed by atoms with Crippen LogP contribution in [-0.2, 0) is 0 Å². The van der Waals surface area contributed by atoms with Crippen LogP contribution < -0.4 is 15.5 Å². The second-order valence-electron chi connectivity index (χ2n) is 8.82. The van der Waals surface area contributed by atoms with Crippen molar-refractivity contribution in [3.63, 3.8) is 0 Å². The third-order valence-corrected chi connectivity index (χ3v) is 6.57. The molecule has 5 aromatic rings. The minimum atomic E-state index is -0.227. The van der Waals surface area contributed by atoms with Gasteiger partial charge in [0.2, 0.25) is 0 Å². The minimum absolute atomic E-state index is 0.227. The molecule has 4 heterocycles. The summed E-state index contributed by atoms with van der Waals surface area (Å²) in [4.78, 5) is 23.7. The molecule has 1 unspecified atom stereocenters. The number of carbonyl (C=O) groups is 1. The van der Waals surface area contributed by atoms with Crippen LogP contribution in [-0.4, -0.2) is 49.1 Å². The number of aromatic nitrogens is 6. The number of rotatable bonds is 6. The number of hydrogen-bond acceptors (Lipinski definition) is 6. The Morgan fingerprint density at radius 1 is 1.17 bits per heavy atom. The summed E-state index contributed by atoms with van der Waals surface area (Å²) in [5.41, 5.74) is 5.71. The van der Waals surface area contributed by atoms with Crippen molar-refractivity contribution < 1.29 is 4.79 Å². The molecule has 0 bridgehead atoms. The van der Waals surface area contributed by atoms with Gasteiger partial charge in [0.25, 0.3) is 0 Å². The molecule has 3 N–H and O–H groups in total. The van der Waals surface area contributed by atoms with Crippen LogP contribution in [0.5, 0.6) is 0 Å². The van der Waals surface area contributed by atoms with Gasteiger partial charge in [0.15, 0.2) is 5.65 Å². The average molecular weight is 480 g/mol. The standard InChI is InChI=1S/C26H25N9O/c1-17-7-8-19(35-12-4-10-31-35)13-22(17)32-26(36)27-11-9-18-15-34(23-6-3-2-5-20(18)23)25-21-14-30-33-24(21)28-16-29-25/h2-8,10,12-14,16,18H,9,11,15H2,1H3,(H2,27,32,36)(H,28,29,30,33). The SMILES string of the molecule is Cc1ccc(-n2cccn2)cc1NC(=O)NCCC1CN(c2ncnc3[nH]ncc23)c2ccccc21. The van der Waals surface area contributed by atoms with E-state index in [9.17, 15) is 4.79 Å². The highest BCUT2D eigenvalue weighted by Crippen LogP contribution is 2.42. The summed E-state index contributed by atoms with van der Waals surface area (Å²) >= 11 is 0. The molecule has 1 aliphatic rings. The lowest BCUT2D eigenvalue weighted by molar-refractivity contribution is 0.251. The summed E-state index contributed by atoms with van der Waals surface area (Å²) in [7, 11) is 0. The molecule has 2 aromatic carbocycles. The third kappa shape index (κ3) is 4.02. The predicted molar refractivity (Wildman–Crippen MR) is 138 cm³/mol. The lowest BCUT2D eigenvalue weighted by Crippen LogP contribution is -2.31. The van der Waals surface area contributed by atoms with Gasteiger partial charge in [0.05, 0.1) is 17.3 Å². The van der Waals surface area contributed by atoms with E-state index in [2.05, 4.69) is 59.0 Å². The Labute approximate surface area is 207 Å². The van der Waals surface area contributed by atoms with Crippen LogP contribution in [0.1, 0.15) is 23.5 Å². The number of benzene rings is 2. The maximum Gasteiger partial charge on any atom is 0.319 e. The number of nitrogens with zero attached hydrogens (tertiary/aromatic N) is 6. The number of H-pyrrole nitrogens is 1. The molecule has 1 atom stereocenters. The number of anilines is 3. The van der Waals surface area contributed by atoms with E-state index in [1.54, 1.807) is 23.4 Å². The van der Waals surface area contributed by atoms with E-state index < -0.39 is 0 Å². The lowest BCUT2D eigenvalue weighted by atomic mass is 9.98. The zero-order chi connectivity index (χ0) is 24.5. The molecule has 0 spiro atoms. The Kier molecular flexibility index (Phi) is 5.53. The normalized spacial score (nSPS) is 14.7. The van der Waals surface area contributed by atoms with Gasteiger partial charge in [0, 0.05) is 42.8 Å². The van der Waals surface area contributed by atoms with Crippen molar-refractivity contribution in [1.82, 2.24) is 35.3 Å². The summed E-state index contributed by atoms with van der Waals surface area (Å²) in [6.45, 7) is 3.28. The molecule has 6 rings (SSSR count). The first-order chi connectivity index (χ1) is 17.7. The summed E-state index contributed by atoms with van der Waals surface area (Å²) in [5.74, 6) is 1.09. The predicted octanol–water partition coefficient (Wildman–Crippen LogP) is 4.29. The number of aromatic amines is 1. The number of fused-ring (bicyclic) bond motifs is 2. The van der Waals surface area contributed by atoms with Gasteiger partial charge in [-0.15, -0.1) is 0 Å². The smallest absolute Gasteiger partial charge is 0.319 e. The first-order valence-electron chi connectivity index (χ1n) is 11.8. The second kappa shape index (κ2) is 9.14. The van der Waals surface area contributed by atoms with Crippen LogP contribution in [0.3, 0.4) is 0 Å². The van der Waals surface area contributed by atoms with Gasteiger partial charge in [-0.25, -0.2) is 19.4 Å². The maximum atomic E-state index is 12.7. The number of amides is 2. The molecule has 2 amide bonds. The molecular formula is C26H25N9O. The largest absolute Gasteiger partial charge is 0.338 e. The van der Waals surface area contributed by atoms with E-state index in [4.69, 9.17) is 0 Å². The highest BCUT2D eigenvalue weighted by molar-refractivity contribution is 5.91. The fourth-order valence-electron chi connectivity index (χ4n) is 4.75. The fourth-order valence-corrected chi connectivity index (χ4v) is 4.75. The van der Waals surface area contributed by atoms with E-state index in [1.165, 1.54) is 5.56 Å². The highest BCUT2D eigenvalue weighted by atomic mass is 16.2. The van der Waals surface area contributed by atoms with E-state index >= 15 is 0 Å². The van der Waals surface area contributed by atoms with E-state index in [1.807, 2.05) is 43.5 Å². The molecule has 0 saturated carbocycles. The average Bonchev–Trinajstić information content (AvgIpc) is 3.66. The molecule has 0 radical (unpaired) electrons. The van der Waals surface area contributed by atoms with Crippen LogP contribution in [0.4, 0.5) is 22.0 Å². The van der Waals surface area contributed by atoms with Crippen LogP contribution in [0.25, 0.3) is 16.7 Å². The number of para-hydroxylation sites is 1. The number of carbonyl (C=O) groups excluding carboxylic acids is 1.